The normalized spacial score (nSPS) is 14.2. The van der Waals surface area contributed by atoms with Crippen LogP contribution in [0.4, 0.5) is 0 Å². The van der Waals surface area contributed by atoms with E-state index in [1.165, 1.54) is 28.6 Å². The maximum absolute atomic E-state index is 12.8. The van der Waals surface area contributed by atoms with Crippen LogP contribution in [0.3, 0.4) is 0 Å². The standard InChI is InChI=1S/C17H23N3O2S2/c1-10(2)8-18-13(21)9-23-17-19-15-14(16(22)20(17)3)11-6-4-5-7-12(11)24-15/h10H,4-9H2,1-3H3,(H,18,21). The molecule has 2 aromatic rings. The number of nitrogens with zero attached hydrogens (tertiary/aromatic N) is 2. The molecule has 2 aromatic heterocycles. The Kier molecular flexibility index (Phi) is 5.30. The molecule has 1 aliphatic rings. The quantitative estimate of drug-likeness (QED) is 0.654. The molecule has 7 heteroatoms. The van der Waals surface area contributed by atoms with E-state index in [0.717, 1.165) is 29.5 Å². The van der Waals surface area contributed by atoms with Crippen LogP contribution in [0.2, 0.25) is 0 Å². The van der Waals surface area contributed by atoms with Gasteiger partial charge in [0.2, 0.25) is 5.91 Å². The van der Waals surface area contributed by atoms with Crippen molar-refractivity contribution in [3.05, 3.63) is 20.8 Å². The van der Waals surface area contributed by atoms with E-state index in [1.54, 1.807) is 23.0 Å². The van der Waals surface area contributed by atoms with Gasteiger partial charge in [0, 0.05) is 18.5 Å². The lowest BCUT2D eigenvalue weighted by Crippen LogP contribution is -2.29. The van der Waals surface area contributed by atoms with E-state index in [2.05, 4.69) is 24.1 Å². The Labute approximate surface area is 149 Å². The minimum Gasteiger partial charge on any atom is -0.355 e. The van der Waals surface area contributed by atoms with Crippen LogP contribution in [0.25, 0.3) is 10.2 Å². The van der Waals surface area contributed by atoms with Crippen LogP contribution in [0.1, 0.15) is 37.1 Å². The largest absolute Gasteiger partial charge is 0.355 e. The number of carbonyl (C=O) groups is 1. The van der Waals surface area contributed by atoms with Gasteiger partial charge >= 0.3 is 0 Å². The first-order chi connectivity index (χ1) is 11.5. The Morgan fingerprint density at radius 3 is 2.88 bits per heavy atom. The molecule has 0 bridgehead atoms. The third kappa shape index (κ3) is 3.52. The summed E-state index contributed by atoms with van der Waals surface area (Å²) in [5.74, 6) is 0.688. The molecule has 5 nitrogen and oxygen atoms in total. The monoisotopic (exact) mass is 365 g/mol. The average Bonchev–Trinajstić information content (AvgIpc) is 2.93. The van der Waals surface area contributed by atoms with Crippen molar-refractivity contribution < 1.29 is 4.79 Å². The van der Waals surface area contributed by atoms with Gasteiger partial charge in [-0.05, 0) is 37.2 Å². The van der Waals surface area contributed by atoms with Gasteiger partial charge in [0.05, 0.1) is 11.1 Å². The Balaban J connectivity index is 1.83. The fraction of sp³-hybridized carbons (Fsp3) is 0.588. The summed E-state index contributed by atoms with van der Waals surface area (Å²) in [5.41, 5.74) is 1.23. The lowest BCUT2D eigenvalue weighted by Gasteiger charge is -2.11. The van der Waals surface area contributed by atoms with E-state index in [9.17, 15) is 9.59 Å². The summed E-state index contributed by atoms with van der Waals surface area (Å²) < 4.78 is 1.59. The van der Waals surface area contributed by atoms with Crippen LogP contribution in [0.5, 0.6) is 0 Å². The number of carbonyl (C=O) groups excluding carboxylic acids is 1. The lowest BCUT2D eigenvalue weighted by atomic mass is 9.97. The van der Waals surface area contributed by atoms with Gasteiger partial charge in [-0.15, -0.1) is 11.3 Å². The molecule has 0 aromatic carbocycles. The summed E-state index contributed by atoms with van der Waals surface area (Å²) >= 11 is 2.98. The van der Waals surface area contributed by atoms with Gasteiger partial charge < -0.3 is 5.32 Å². The molecule has 0 saturated heterocycles. The second-order valence-corrected chi connectivity index (χ2v) is 8.66. The SMILES string of the molecule is CC(C)CNC(=O)CSc1nc2sc3c(c2c(=O)n1C)CCCC3. The van der Waals surface area contributed by atoms with Crippen LogP contribution >= 0.6 is 23.1 Å². The van der Waals surface area contributed by atoms with Crippen molar-refractivity contribution in [1.82, 2.24) is 14.9 Å². The Morgan fingerprint density at radius 1 is 1.38 bits per heavy atom. The zero-order chi connectivity index (χ0) is 17.3. The number of thiophene rings is 1. The molecule has 130 valence electrons. The van der Waals surface area contributed by atoms with Gasteiger partial charge in [-0.25, -0.2) is 4.98 Å². The first kappa shape index (κ1) is 17.5. The summed E-state index contributed by atoms with van der Waals surface area (Å²) in [6, 6.07) is 0. The molecule has 0 unspecified atom stereocenters. The summed E-state index contributed by atoms with van der Waals surface area (Å²) in [6.45, 7) is 4.79. The van der Waals surface area contributed by atoms with Crippen molar-refractivity contribution in [2.75, 3.05) is 12.3 Å². The van der Waals surface area contributed by atoms with E-state index in [-0.39, 0.29) is 17.2 Å². The van der Waals surface area contributed by atoms with E-state index < -0.39 is 0 Å². The van der Waals surface area contributed by atoms with Crippen molar-refractivity contribution in [3.63, 3.8) is 0 Å². The number of amides is 1. The molecule has 0 saturated carbocycles. The molecule has 3 rings (SSSR count). The number of fused-ring (bicyclic) bond motifs is 3. The predicted molar refractivity (Wildman–Crippen MR) is 100 cm³/mol. The zero-order valence-corrected chi connectivity index (χ0v) is 16.0. The number of hydrogen-bond donors (Lipinski definition) is 1. The first-order valence-electron chi connectivity index (χ1n) is 8.38. The highest BCUT2D eigenvalue weighted by Crippen LogP contribution is 2.34. The average molecular weight is 366 g/mol. The van der Waals surface area contributed by atoms with Crippen LogP contribution in [0.15, 0.2) is 9.95 Å². The molecule has 0 aliphatic heterocycles. The van der Waals surface area contributed by atoms with Crippen molar-refractivity contribution in [2.24, 2.45) is 13.0 Å². The number of rotatable bonds is 5. The maximum atomic E-state index is 12.8. The van der Waals surface area contributed by atoms with E-state index >= 15 is 0 Å². The van der Waals surface area contributed by atoms with Crippen LogP contribution in [0, 0.1) is 5.92 Å². The molecule has 24 heavy (non-hydrogen) atoms. The number of aryl methyl sites for hydroxylation is 2. The van der Waals surface area contributed by atoms with Crippen molar-refractivity contribution in [1.29, 1.82) is 0 Å². The third-order valence-corrected chi connectivity index (χ3v) is 6.41. The minimum absolute atomic E-state index is 0.0180. The lowest BCUT2D eigenvalue weighted by molar-refractivity contribution is -0.118. The van der Waals surface area contributed by atoms with Crippen LogP contribution < -0.4 is 10.9 Å². The zero-order valence-electron chi connectivity index (χ0n) is 14.3. The van der Waals surface area contributed by atoms with Gasteiger partial charge in [-0.3, -0.25) is 14.2 Å². The smallest absolute Gasteiger partial charge is 0.262 e. The Morgan fingerprint density at radius 2 is 2.12 bits per heavy atom. The van der Waals surface area contributed by atoms with E-state index in [0.29, 0.717) is 17.6 Å². The predicted octanol–water partition coefficient (Wildman–Crippen LogP) is 2.74. The molecule has 0 spiro atoms. The maximum Gasteiger partial charge on any atom is 0.262 e. The minimum atomic E-state index is -0.0199. The topological polar surface area (TPSA) is 64.0 Å². The Hall–Kier alpha value is -1.34. The third-order valence-electron chi connectivity index (χ3n) is 4.20. The molecule has 1 aliphatic carbocycles. The molecule has 0 radical (unpaired) electrons. The van der Waals surface area contributed by atoms with Gasteiger partial charge in [0.1, 0.15) is 4.83 Å². The summed E-state index contributed by atoms with van der Waals surface area (Å²) in [4.78, 5) is 31.5. The van der Waals surface area contributed by atoms with Gasteiger partial charge in [0.15, 0.2) is 5.16 Å². The van der Waals surface area contributed by atoms with E-state index in [1.807, 2.05) is 0 Å². The second-order valence-electron chi connectivity index (χ2n) is 6.64. The molecule has 0 fully saturated rings. The highest BCUT2D eigenvalue weighted by Gasteiger charge is 2.21. The molecule has 1 N–H and O–H groups in total. The molecule has 1 amide bonds. The summed E-state index contributed by atoms with van der Waals surface area (Å²) in [7, 11) is 1.75. The highest BCUT2D eigenvalue weighted by atomic mass is 32.2. The number of thioether (sulfide) groups is 1. The molecular formula is C17H23N3O2S2. The van der Waals surface area contributed by atoms with Crippen molar-refractivity contribution in [2.45, 2.75) is 44.7 Å². The fourth-order valence-corrected chi connectivity index (χ4v) is 5.00. The van der Waals surface area contributed by atoms with Crippen molar-refractivity contribution in [3.8, 4) is 0 Å². The van der Waals surface area contributed by atoms with Crippen LogP contribution in [-0.4, -0.2) is 27.8 Å². The molecule has 2 heterocycles. The second kappa shape index (κ2) is 7.27. The number of nitrogens with one attached hydrogen (secondary N) is 1. The first-order valence-corrected chi connectivity index (χ1v) is 10.2. The summed E-state index contributed by atoms with van der Waals surface area (Å²) in [5, 5.41) is 4.30. The highest BCUT2D eigenvalue weighted by molar-refractivity contribution is 7.99. The Bertz CT molecular complexity index is 823. The fourth-order valence-electron chi connectivity index (χ4n) is 2.90. The van der Waals surface area contributed by atoms with Gasteiger partial charge in [-0.2, -0.15) is 0 Å². The van der Waals surface area contributed by atoms with Gasteiger partial charge in [0.25, 0.3) is 5.56 Å². The summed E-state index contributed by atoms with van der Waals surface area (Å²) in [6.07, 6.45) is 4.38. The molecule has 0 atom stereocenters. The molecular weight excluding hydrogens is 342 g/mol. The van der Waals surface area contributed by atoms with E-state index in [4.69, 9.17) is 0 Å². The van der Waals surface area contributed by atoms with Crippen molar-refractivity contribution >= 4 is 39.2 Å². The number of hydrogen-bond acceptors (Lipinski definition) is 5. The van der Waals surface area contributed by atoms with Gasteiger partial charge in [-0.1, -0.05) is 25.6 Å². The van der Waals surface area contributed by atoms with Crippen LogP contribution in [-0.2, 0) is 24.7 Å². The number of aromatic nitrogens is 2.